The number of nitrogens with one attached hydrogen (secondary N) is 1. The fourth-order valence-electron chi connectivity index (χ4n) is 1.88. The second-order valence-electron chi connectivity index (χ2n) is 4.12. The van der Waals surface area contributed by atoms with Crippen molar-refractivity contribution < 1.29 is 4.92 Å². The van der Waals surface area contributed by atoms with Gasteiger partial charge < -0.3 is 9.88 Å². The zero-order chi connectivity index (χ0) is 14.5. The first kappa shape index (κ1) is 13.9. The van der Waals surface area contributed by atoms with Crippen LogP contribution in [0, 0.1) is 10.1 Å². The zero-order valence-corrected chi connectivity index (χ0v) is 11.4. The highest BCUT2D eigenvalue weighted by atomic mass is 16.6. The molecule has 0 aliphatic rings. The van der Waals surface area contributed by atoms with E-state index in [4.69, 9.17) is 0 Å². The third-order valence-corrected chi connectivity index (χ3v) is 2.85. The lowest BCUT2D eigenvalue weighted by Crippen LogP contribution is -2.09. The predicted octanol–water partition coefficient (Wildman–Crippen LogP) is 1.62. The van der Waals surface area contributed by atoms with Gasteiger partial charge in [-0.2, -0.15) is 0 Å². The van der Waals surface area contributed by atoms with E-state index in [1.807, 2.05) is 24.6 Å². The minimum atomic E-state index is -0.468. The molecule has 0 saturated carbocycles. The summed E-state index contributed by atoms with van der Waals surface area (Å²) in [5.41, 5.74) is 0.277. The molecule has 0 atom stereocenters. The van der Waals surface area contributed by atoms with Crippen LogP contribution < -0.4 is 5.32 Å². The molecule has 0 aliphatic carbocycles. The lowest BCUT2D eigenvalue weighted by Gasteiger charge is -2.07. The molecule has 0 saturated heterocycles. The third kappa shape index (κ3) is 2.90. The first-order chi connectivity index (χ1) is 9.65. The average molecular weight is 276 g/mol. The molecule has 0 spiro atoms. The van der Waals surface area contributed by atoms with Crippen molar-refractivity contribution in [3.8, 4) is 0 Å². The maximum atomic E-state index is 11.1. The molecule has 106 valence electrons. The Hall–Kier alpha value is -2.51. The standard InChI is InChI=1S/C12H16N6O2/c1-3-13-12-15-8-10(18(19)20)9(16-12)7-11-14-5-6-17(11)4-2/h5-6,8H,3-4,7H2,1-2H3,(H,13,15,16). The van der Waals surface area contributed by atoms with Gasteiger partial charge in [0.25, 0.3) is 0 Å². The van der Waals surface area contributed by atoms with E-state index < -0.39 is 4.92 Å². The van der Waals surface area contributed by atoms with Gasteiger partial charge in [0.05, 0.1) is 11.3 Å². The summed E-state index contributed by atoms with van der Waals surface area (Å²) in [5.74, 6) is 1.14. The largest absolute Gasteiger partial charge is 0.354 e. The normalized spacial score (nSPS) is 10.5. The Labute approximate surface area is 116 Å². The number of aromatic nitrogens is 4. The summed E-state index contributed by atoms with van der Waals surface area (Å²) in [6.45, 7) is 5.31. The number of imidazole rings is 1. The van der Waals surface area contributed by atoms with Crippen molar-refractivity contribution in [1.82, 2.24) is 19.5 Å². The van der Waals surface area contributed by atoms with E-state index >= 15 is 0 Å². The summed E-state index contributed by atoms with van der Waals surface area (Å²) < 4.78 is 1.93. The van der Waals surface area contributed by atoms with Gasteiger partial charge in [-0.25, -0.2) is 15.0 Å². The van der Waals surface area contributed by atoms with Crippen LogP contribution in [0.3, 0.4) is 0 Å². The number of nitrogens with zero attached hydrogens (tertiary/aromatic N) is 5. The molecule has 2 aromatic heterocycles. The summed E-state index contributed by atoms with van der Waals surface area (Å²) in [6, 6.07) is 0. The highest BCUT2D eigenvalue weighted by molar-refractivity contribution is 5.39. The third-order valence-electron chi connectivity index (χ3n) is 2.85. The highest BCUT2D eigenvalue weighted by Crippen LogP contribution is 2.19. The topological polar surface area (TPSA) is 98.8 Å². The van der Waals surface area contributed by atoms with Gasteiger partial charge in [0.15, 0.2) is 0 Å². The van der Waals surface area contributed by atoms with E-state index in [-0.39, 0.29) is 5.69 Å². The van der Waals surface area contributed by atoms with Crippen LogP contribution in [0.5, 0.6) is 0 Å². The van der Waals surface area contributed by atoms with Crippen molar-refractivity contribution in [3.63, 3.8) is 0 Å². The van der Waals surface area contributed by atoms with Crippen LogP contribution in [-0.4, -0.2) is 31.0 Å². The van der Waals surface area contributed by atoms with E-state index in [0.29, 0.717) is 24.6 Å². The zero-order valence-electron chi connectivity index (χ0n) is 11.4. The molecule has 0 radical (unpaired) electrons. The molecule has 0 bridgehead atoms. The average Bonchev–Trinajstić information content (AvgIpc) is 2.86. The van der Waals surface area contributed by atoms with E-state index in [1.165, 1.54) is 6.20 Å². The Kier molecular flexibility index (Phi) is 4.24. The summed E-state index contributed by atoms with van der Waals surface area (Å²) in [6.07, 6.45) is 5.06. The number of nitro groups is 1. The molecule has 1 N–H and O–H groups in total. The van der Waals surface area contributed by atoms with Crippen LogP contribution in [0.15, 0.2) is 18.6 Å². The molecule has 20 heavy (non-hydrogen) atoms. The number of rotatable bonds is 6. The van der Waals surface area contributed by atoms with Crippen molar-refractivity contribution in [1.29, 1.82) is 0 Å². The Morgan fingerprint density at radius 2 is 2.20 bits per heavy atom. The lowest BCUT2D eigenvalue weighted by atomic mass is 10.2. The number of aryl methyl sites for hydroxylation is 1. The van der Waals surface area contributed by atoms with Crippen LogP contribution in [-0.2, 0) is 13.0 Å². The highest BCUT2D eigenvalue weighted by Gasteiger charge is 2.19. The summed E-state index contributed by atoms with van der Waals surface area (Å²) in [4.78, 5) is 22.9. The van der Waals surface area contributed by atoms with Gasteiger partial charge in [0.2, 0.25) is 5.95 Å². The van der Waals surface area contributed by atoms with Crippen molar-refractivity contribution >= 4 is 11.6 Å². The van der Waals surface area contributed by atoms with Crippen molar-refractivity contribution in [2.45, 2.75) is 26.8 Å². The second-order valence-corrected chi connectivity index (χ2v) is 4.12. The molecule has 0 unspecified atom stereocenters. The fraction of sp³-hybridized carbons (Fsp3) is 0.417. The van der Waals surface area contributed by atoms with E-state index in [0.717, 1.165) is 12.4 Å². The van der Waals surface area contributed by atoms with E-state index in [2.05, 4.69) is 20.3 Å². The Bertz CT molecular complexity index is 610. The first-order valence-electron chi connectivity index (χ1n) is 6.39. The van der Waals surface area contributed by atoms with Gasteiger partial charge >= 0.3 is 5.69 Å². The number of hydrogen-bond donors (Lipinski definition) is 1. The van der Waals surface area contributed by atoms with Crippen LogP contribution in [0.2, 0.25) is 0 Å². The minimum Gasteiger partial charge on any atom is -0.354 e. The Morgan fingerprint density at radius 1 is 1.40 bits per heavy atom. The number of anilines is 1. The van der Waals surface area contributed by atoms with Gasteiger partial charge in [0.1, 0.15) is 17.7 Å². The van der Waals surface area contributed by atoms with Crippen molar-refractivity contribution in [3.05, 3.63) is 40.2 Å². The molecular formula is C12H16N6O2. The first-order valence-corrected chi connectivity index (χ1v) is 6.39. The molecule has 2 rings (SSSR count). The molecule has 0 fully saturated rings. The molecule has 0 amide bonds. The maximum Gasteiger partial charge on any atom is 0.309 e. The van der Waals surface area contributed by atoms with Gasteiger partial charge in [-0.3, -0.25) is 10.1 Å². The second kappa shape index (κ2) is 6.09. The van der Waals surface area contributed by atoms with E-state index in [1.54, 1.807) is 6.20 Å². The molecule has 0 aliphatic heterocycles. The summed E-state index contributed by atoms with van der Waals surface area (Å²) in [7, 11) is 0. The quantitative estimate of drug-likeness (QED) is 0.636. The molecule has 2 heterocycles. The number of hydrogen-bond acceptors (Lipinski definition) is 6. The predicted molar refractivity (Wildman–Crippen MR) is 73.6 cm³/mol. The Morgan fingerprint density at radius 3 is 2.85 bits per heavy atom. The van der Waals surface area contributed by atoms with Crippen LogP contribution in [0.4, 0.5) is 11.6 Å². The summed E-state index contributed by atoms with van der Waals surface area (Å²) >= 11 is 0. The van der Waals surface area contributed by atoms with Crippen molar-refractivity contribution in [2.24, 2.45) is 0 Å². The van der Waals surface area contributed by atoms with Gasteiger partial charge in [-0.05, 0) is 13.8 Å². The van der Waals surface area contributed by atoms with Crippen LogP contribution >= 0.6 is 0 Å². The molecule has 8 nitrogen and oxygen atoms in total. The lowest BCUT2D eigenvalue weighted by molar-refractivity contribution is -0.386. The molecule has 8 heteroatoms. The van der Waals surface area contributed by atoms with E-state index in [9.17, 15) is 10.1 Å². The van der Waals surface area contributed by atoms with Gasteiger partial charge in [0, 0.05) is 25.5 Å². The smallest absolute Gasteiger partial charge is 0.309 e. The molecule has 2 aromatic rings. The van der Waals surface area contributed by atoms with Gasteiger partial charge in [-0.15, -0.1) is 0 Å². The fourth-order valence-corrected chi connectivity index (χ4v) is 1.88. The minimum absolute atomic E-state index is 0.0858. The van der Waals surface area contributed by atoms with Crippen molar-refractivity contribution in [2.75, 3.05) is 11.9 Å². The van der Waals surface area contributed by atoms with Gasteiger partial charge in [-0.1, -0.05) is 0 Å². The monoisotopic (exact) mass is 276 g/mol. The van der Waals surface area contributed by atoms with Crippen LogP contribution in [0.25, 0.3) is 0 Å². The Balaban J connectivity index is 2.37. The van der Waals surface area contributed by atoms with Crippen LogP contribution in [0.1, 0.15) is 25.4 Å². The molecular weight excluding hydrogens is 260 g/mol. The maximum absolute atomic E-state index is 11.1. The SMILES string of the molecule is CCNc1ncc([N+](=O)[O-])c(Cc2nccn2CC)n1. The molecule has 0 aromatic carbocycles. The summed E-state index contributed by atoms with van der Waals surface area (Å²) in [5, 5.41) is 14.0.